The molecule has 0 aliphatic carbocycles. The second-order valence-corrected chi connectivity index (χ2v) is 14.3. The summed E-state index contributed by atoms with van der Waals surface area (Å²) in [5, 5.41) is 17.8. The van der Waals surface area contributed by atoms with Crippen LogP contribution in [0.2, 0.25) is 5.02 Å². The van der Waals surface area contributed by atoms with Gasteiger partial charge in [-0.25, -0.2) is 13.2 Å². The predicted molar refractivity (Wildman–Crippen MR) is 170 cm³/mol. The molecule has 0 radical (unpaired) electrons. The minimum absolute atomic E-state index is 0.0145. The fourth-order valence-corrected chi connectivity index (χ4v) is 9.36. The summed E-state index contributed by atoms with van der Waals surface area (Å²) in [6.45, 7) is 1.39. The molecule has 4 fully saturated rings. The molecule has 6 heterocycles. The van der Waals surface area contributed by atoms with E-state index >= 15 is 4.39 Å². The molecule has 1 unspecified atom stereocenters. The fraction of sp³-hybridized carbons (Fsp3) is 0.469. The number of hydrogen-bond acceptors (Lipinski definition) is 9. The number of hydrogen-bond donors (Lipinski definition) is 3. The number of thiophene rings is 1. The third-order valence-electron chi connectivity index (χ3n) is 10.1. The van der Waals surface area contributed by atoms with Crippen LogP contribution >= 0.6 is 22.9 Å². The van der Waals surface area contributed by atoms with E-state index in [-0.39, 0.29) is 61.0 Å². The quantitative estimate of drug-likeness (QED) is 0.215. The number of nitrogens with two attached hydrogens (primary N) is 1. The molecular weight excluding hydrogens is 623 g/mol. The number of ether oxygens (including phenoxy) is 1. The maximum absolute atomic E-state index is 16.8. The SMILES string of the molecule is N#Cc1c(N)sc2c(F)ccc(-c3c(Cl)cc4c(NC5C[C@H]6CC[C@@H](C5)N6)nc(OC[C@@]56CCCN5C[C@H](F)C6)nc4c3F)c12. The monoisotopic (exact) mass is 653 g/mol. The molecule has 234 valence electrons. The Morgan fingerprint density at radius 2 is 2.04 bits per heavy atom. The average Bonchev–Trinajstić information content (AvgIpc) is 3.74. The van der Waals surface area contributed by atoms with E-state index in [2.05, 4.69) is 20.5 Å². The van der Waals surface area contributed by atoms with Gasteiger partial charge in [0.15, 0.2) is 5.82 Å². The van der Waals surface area contributed by atoms with E-state index < -0.39 is 23.3 Å². The number of nitriles is 1. The summed E-state index contributed by atoms with van der Waals surface area (Å²) in [6.07, 6.45) is 5.25. The Balaban J connectivity index is 1.25. The van der Waals surface area contributed by atoms with Crippen LogP contribution in [0.5, 0.6) is 6.01 Å². The minimum Gasteiger partial charge on any atom is -0.461 e. The summed E-state index contributed by atoms with van der Waals surface area (Å²) in [7, 11) is 0. The van der Waals surface area contributed by atoms with Crippen LogP contribution in [-0.2, 0) is 0 Å². The topological polar surface area (TPSA) is 112 Å². The van der Waals surface area contributed by atoms with Gasteiger partial charge in [-0.3, -0.25) is 4.90 Å². The summed E-state index contributed by atoms with van der Waals surface area (Å²) >= 11 is 7.74. The number of piperidine rings is 1. The summed E-state index contributed by atoms with van der Waals surface area (Å²) in [5.41, 5.74) is 5.89. The van der Waals surface area contributed by atoms with E-state index in [0.29, 0.717) is 36.3 Å². The van der Waals surface area contributed by atoms with Gasteiger partial charge in [-0.2, -0.15) is 15.2 Å². The number of rotatable bonds is 6. The molecule has 2 aromatic carbocycles. The maximum Gasteiger partial charge on any atom is 0.319 e. The van der Waals surface area contributed by atoms with Gasteiger partial charge in [-0.15, -0.1) is 11.3 Å². The molecule has 8 nitrogen and oxygen atoms in total. The van der Waals surface area contributed by atoms with E-state index in [1.807, 2.05) is 6.07 Å². The Morgan fingerprint density at radius 3 is 2.82 bits per heavy atom. The lowest BCUT2D eigenvalue weighted by atomic mass is 9.95. The average molecular weight is 654 g/mol. The van der Waals surface area contributed by atoms with E-state index in [1.165, 1.54) is 12.1 Å². The molecule has 4 aliphatic heterocycles. The van der Waals surface area contributed by atoms with Gasteiger partial charge >= 0.3 is 6.01 Å². The largest absolute Gasteiger partial charge is 0.461 e. The molecule has 0 saturated carbocycles. The van der Waals surface area contributed by atoms with Gasteiger partial charge in [0.2, 0.25) is 0 Å². The van der Waals surface area contributed by atoms with Crippen LogP contribution in [0.25, 0.3) is 32.1 Å². The molecule has 8 rings (SSSR count). The minimum atomic E-state index is -0.918. The van der Waals surface area contributed by atoms with Crippen LogP contribution in [0.1, 0.15) is 50.5 Å². The maximum atomic E-state index is 16.8. The van der Waals surface area contributed by atoms with Gasteiger partial charge in [0, 0.05) is 47.4 Å². The van der Waals surface area contributed by atoms with Crippen molar-refractivity contribution in [3.05, 3.63) is 40.4 Å². The number of benzene rings is 2. The number of anilines is 2. The molecule has 2 bridgehead atoms. The van der Waals surface area contributed by atoms with Crippen LogP contribution in [0.15, 0.2) is 18.2 Å². The molecule has 4 aromatic rings. The van der Waals surface area contributed by atoms with E-state index in [4.69, 9.17) is 27.1 Å². The molecule has 4 N–H and O–H groups in total. The fourth-order valence-electron chi connectivity index (χ4n) is 8.12. The molecular formula is C32H31ClF3N7OS. The van der Waals surface area contributed by atoms with Crippen molar-refractivity contribution in [2.75, 3.05) is 30.7 Å². The first-order valence-electron chi connectivity index (χ1n) is 15.4. The van der Waals surface area contributed by atoms with Crippen LogP contribution in [-0.4, -0.2) is 64.4 Å². The van der Waals surface area contributed by atoms with Crippen molar-refractivity contribution in [2.45, 2.75) is 74.8 Å². The van der Waals surface area contributed by atoms with Crippen molar-refractivity contribution in [1.29, 1.82) is 5.26 Å². The van der Waals surface area contributed by atoms with Crippen molar-refractivity contribution >= 4 is 54.7 Å². The van der Waals surface area contributed by atoms with Crippen molar-refractivity contribution in [1.82, 2.24) is 20.2 Å². The van der Waals surface area contributed by atoms with Gasteiger partial charge in [0.05, 0.1) is 20.8 Å². The molecule has 0 amide bonds. The number of halogens is 4. The van der Waals surface area contributed by atoms with E-state index in [0.717, 1.165) is 56.4 Å². The highest BCUT2D eigenvalue weighted by molar-refractivity contribution is 7.23. The summed E-state index contributed by atoms with van der Waals surface area (Å²) in [6, 6.07) is 7.17. The molecule has 0 spiro atoms. The lowest BCUT2D eigenvalue weighted by molar-refractivity contribution is 0.107. The first-order valence-corrected chi connectivity index (χ1v) is 16.6. The normalized spacial score (nSPS) is 27.7. The number of nitrogens with one attached hydrogen (secondary N) is 2. The molecule has 2 aromatic heterocycles. The van der Waals surface area contributed by atoms with Gasteiger partial charge in [-0.05, 0) is 62.8 Å². The Bertz CT molecular complexity index is 1890. The van der Waals surface area contributed by atoms with E-state index in [1.54, 1.807) is 6.07 Å². The number of nitrogen functional groups attached to an aromatic ring is 1. The van der Waals surface area contributed by atoms with Crippen molar-refractivity contribution in [2.24, 2.45) is 0 Å². The zero-order chi connectivity index (χ0) is 31.0. The first-order chi connectivity index (χ1) is 21.7. The molecule has 5 atom stereocenters. The zero-order valence-corrected chi connectivity index (χ0v) is 25.9. The molecule has 4 saturated heterocycles. The number of aromatic nitrogens is 2. The van der Waals surface area contributed by atoms with Gasteiger partial charge in [-0.1, -0.05) is 17.7 Å². The Hall–Kier alpha value is -3.37. The molecule has 45 heavy (non-hydrogen) atoms. The highest BCUT2D eigenvalue weighted by Crippen LogP contribution is 2.46. The lowest BCUT2D eigenvalue weighted by Crippen LogP contribution is -2.44. The first kappa shape index (κ1) is 29.1. The second kappa shape index (κ2) is 10.9. The molecule has 4 aliphatic rings. The highest BCUT2D eigenvalue weighted by Gasteiger charge is 2.49. The van der Waals surface area contributed by atoms with Crippen molar-refractivity contribution in [3.63, 3.8) is 0 Å². The second-order valence-electron chi connectivity index (χ2n) is 12.9. The van der Waals surface area contributed by atoms with E-state index in [9.17, 15) is 14.0 Å². The standard InChI is InChI=1S/C32H31ClF3N7OS/c33-22-10-20-27(26(36)25(22)19-4-5-23(35)28-24(19)21(12-37)29(38)45-28)41-31(44-14-32-6-1-7-43(32)13-15(34)11-32)42-30(20)40-18-8-16-2-3-17(9-18)39-16/h4-5,10,15-18,39H,1-3,6-9,11,13-14,38H2,(H,40,41,42)/t15-,16-,17+,18?,32+/m1/s1. The number of fused-ring (bicyclic) bond motifs is 5. The van der Waals surface area contributed by atoms with Crippen LogP contribution in [0.4, 0.5) is 24.0 Å². The van der Waals surface area contributed by atoms with Crippen LogP contribution < -0.4 is 21.1 Å². The summed E-state index contributed by atoms with van der Waals surface area (Å²) in [4.78, 5) is 11.4. The summed E-state index contributed by atoms with van der Waals surface area (Å²) in [5.74, 6) is -0.900. The van der Waals surface area contributed by atoms with Gasteiger partial charge in [0.25, 0.3) is 0 Å². The van der Waals surface area contributed by atoms with Crippen LogP contribution in [0, 0.1) is 23.0 Å². The smallest absolute Gasteiger partial charge is 0.319 e. The third kappa shape index (κ3) is 4.78. The van der Waals surface area contributed by atoms with Crippen LogP contribution in [0.3, 0.4) is 0 Å². The van der Waals surface area contributed by atoms with Crippen molar-refractivity contribution < 1.29 is 17.9 Å². The molecule has 13 heteroatoms. The number of nitrogens with zero attached hydrogens (tertiary/aromatic N) is 4. The van der Waals surface area contributed by atoms with Crippen molar-refractivity contribution in [3.8, 4) is 23.2 Å². The highest BCUT2D eigenvalue weighted by atomic mass is 35.5. The predicted octanol–water partition coefficient (Wildman–Crippen LogP) is 6.55. The summed E-state index contributed by atoms with van der Waals surface area (Å²) < 4.78 is 52.5. The third-order valence-corrected chi connectivity index (χ3v) is 11.4. The number of alkyl halides is 1. The Labute approximate surface area is 266 Å². The van der Waals surface area contributed by atoms with Gasteiger partial charge < -0.3 is 21.1 Å². The lowest BCUT2D eigenvalue weighted by Gasteiger charge is -2.31. The Morgan fingerprint density at radius 1 is 1.24 bits per heavy atom. The zero-order valence-electron chi connectivity index (χ0n) is 24.3. The Kier molecular flexibility index (Phi) is 7.02. The van der Waals surface area contributed by atoms with Gasteiger partial charge in [0.1, 0.15) is 41.0 Å².